The second-order valence-corrected chi connectivity index (χ2v) is 4.74. The van der Waals surface area contributed by atoms with Crippen molar-refractivity contribution >= 4 is 5.97 Å². The van der Waals surface area contributed by atoms with Gasteiger partial charge in [0.2, 0.25) is 0 Å². The number of carboxylic acid groups (broad SMARTS) is 1. The van der Waals surface area contributed by atoms with E-state index in [1.54, 1.807) is 0 Å². The Labute approximate surface area is 90.9 Å². The third kappa shape index (κ3) is 4.18. The number of piperidine rings is 1. The lowest BCUT2D eigenvalue weighted by Gasteiger charge is -2.37. The first-order valence-corrected chi connectivity index (χ1v) is 5.63. The molecular formula is C11H21NO3. The van der Waals surface area contributed by atoms with Crippen LogP contribution in [-0.2, 0) is 4.79 Å². The summed E-state index contributed by atoms with van der Waals surface area (Å²) in [7, 11) is 0. The van der Waals surface area contributed by atoms with Crippen molar-refractivity contribution in [2.24, 2.45) is 5.92 Å². The summed E-state index contributed by atoms with van der Waals surface area (Å²) in [6.07, 6.45) is 1.47. The van der Waals surface area contributed by atoms with Gasteiger partial charge in [0.05, 0.1) is 12.5 Å². The molecule has 88 valence electrons. The van der Waals surface area contributed by atoms with Crippen LogP contribution in [0.1, 0.15) is 33.1 Å². The molecule has 0 aromatic rings. The van der Waals surface area contributed by atoms with E-state index in [9.17, 15) is 9.90 Å². The molecule has 1 aliphatic rings. The molecule has 2 N–H and O–H groups in total. The zero-order valence-electron chi connectivity index (χ0n) is 9.52. The Kier molecular flexibility index (Phi) is 4.54. The molecule has 0 saturated carbocycles. The lowest BCUT2D eigenvalue weighted by Crippen LogP contribution is -2.45. The van der Waals surface area contributed by atoms with Crippen LogP contribution in [0.2, 0.25) is 0 Å². The van der Waals surface area contributed by atoms with Crippen LogP contribution in [0.4, 0.5) is 0 Å². The van der Waals surface area contributed by atoms with E-state index in [0.717, 1.165) is 13.0 Å². The first-order chi connectivity index (χ1) is 6.99. The molecule has 0 amide bonds. The van der Waals surface area contributed by atoms with Gasteiger partial charge >= 0.3 is 5.97 Å². The molecular weight excluding hydrogens is 194 g/mol. The molecule has 0 aromatic heterocycles. The van der Waals surface area contributed by atoms with Gasteiger partial charge in [-0.3, -0.25) is 9.69 Å². The molecule has 0 aromatic carbocycles. The van der Waals surface area contributed by atoms with Crippen molar-refractivity contribution in [2.45, 2.75) is 45.3 Å². The summed E-state index contributed by atoms with van der Waals surface area (Å²) >= 11 is 0. The van der Waals surface area contributed by atoms with E-state index in [4.69, 9.17) is 5.11 Å². The smallest absolute Gasteiger partial charge is 0.306 e. The molecule has 1 aliphatic heterocycles. The van der Waals surface area contributed by atoms with Crippen LogP contribution in [0.3, 0.4) is 0 Å². The molecule has 0 bridgehead atoms. The van der Waals surface area contributed by atoms with Gasteiger partial charge in [0.15, 0.2) is 0 Å². The minimum atomic E-state index is -0.930. The van der Waals surface area contributed by atoms with Crippen LogP contribution in [0.5, 0.6) is 0 Å². The molecule has 0 radical (unpaired) electrons. The van der Waals surface area contributed by atoms with Crippen molar-refractivity contribution in [1.29, 1.82) is 0 Å². The first-order valence-electron chi connectivity index (χ1n) is 5.63. The van der Waals surface area contributed by atoms with Crippen molar-refractivity contribution < 1.29 is 15.0 Å². The lowest BCUT2D eigenvalue weighted by atomic mass is 9.94. The summed E-state index contributed by atoms with van der Waals surface area (Å²) in [4.78, 5) is 12.6. The van der Waals surface area contributed by atoms with Gasteiger partial charge in [0.25, 0.3) is 0 Å². The number of nitrogens with zero attached hydrogens (tertiary/aromatic N) is 1. The Morgan fingerprint density at radius 1 is 1.47 bits per heavy atom. The summed E-state index contributed by atoms with van der Waals surface area (Å²) in [5, 5.41) is 18.1. The topological polar surface area (TPSA) is 60.8 Å². The van der Waals surface area contributed by atoms with E-state index in [0.29, 0.717) is 18.5 Å². The van der Waals surface area contributed by atoms with Crippen LogP contribution in [-0.4, -0.2) is 46.3 Å². The van der Waals surface area contributed by atoms with Crippen LogP contribution in [0, 0.1) is 5.92 Å². The van der Waals surface area contributed by atoms with Gasteiger partial charge < -0.3 is 10.2 Å². The number of rotatable bonds is 4. The van der Waals surface area contributed by atoms with Crippen molar-refractivity contribution in [3.63, 3.8) is 0 Å². The van der Waals surface area contributed by atoms with Crippen molar-refractivity contribution in [3.05, 3.63) is 0 Å². The van der Waals surface area contributed by atoms with Crippen molar-refractivity contribution in [1.82, 2.24) is 4.90 Å². The standard InChI is InChI=1S/C11H21NO3/c1-8-3-4-9(2)12(6-8)7-10(13)5-11(14)15/h8-10,13H,3-7H2,1-2H3,(H,14,15). The van der Waals surface area contributed by atoms with Crippen molar-refractivity contribution in [2.75, 3.05) is 13.1 Å². The predicted molar refractivity (Wildman–Crippen MR) is 57.7 cm³/mol. The number of carbonyl (C=O) groups is 1. The Hall–Kier alpha value is -0.610. The maximum absolute atomic E-state index is 10.4. The Balaban J connectivity index is 2.38. The molecule has 3 unspecified atom stereocenters. The Morgan fingerprint density at radius 3 is 2.73 bits per heavy atom. The molecule has 1 saturated heterocycles. The maximum atomic E-state index is 10.4. The summed E-state index contributed by atoms with van der Waals surface area (Å²) in [5.41, 5.74) is 0. The average molecular weight is 215 g/mol. The van der Waals surface area contributed by atoms with Gasteiger partial charge in [0, 0.05) is 19.1 Å². The third-order valence-corrected chi connectivity index (χ3v) is 3.10. The van der Waals surface area contributed by atoms with Crippen LogP contribution in [0.15, 0.2) is 0 Å². The summed E-state index contributed by atoms with van der Waals surface area (Å²) < 4.78 is 0. The quantitative estimate of drug-likeness (QED) is 0.732. The van der Waals surface area contributed by atoms with Gasteiger partial charge in [-0.05, 0) is 25.7 Å². The summed E-state index contributed by atoms with van der Waals surface area (Å²) in [6.45, 7) is 5.79. The molecule has 15 heavy (non-hydrogen) atoms. The maximum Gasteiger partial charge on any atom is 0.306 e. The van der Waals surface area contributed by atoms with Crippen LogP contribution < -0.4 is 0 Å². The molecule has 0 aliphatic carbocycles. The third-order valence-electron chi connectivity index (χ3n) is 3.10. The van der Waals surface area contributed by atoms with E-state index in [-0.39, 0.29) is 6.42 Å². The van der Waals surface area contributed by atoms with Gasteiger partial charge in [-0.2, -0.15) is 0 Å². The SMILES string of the molecule is CC1CCC(C)N(CC(O)CC(=O)O)C1. The minimum Gasteiger partial charge on any atom is -0.481 e. The summed E-state index contributed by atoms with van der Waals surface area (Å²) in [5.74, 6) is -0.279. The average Bonchev–Trinajstić information content (AvgIpc) is 2.10. The molecule has 4 heteroatoms. The van der Waals surface area contributed by atoms with Gasteiger partial charge in [-0.25, -0.2) is 0 Å². The number of hydrogen-bond donors (Lipinski definition) is 2. The van der Waals surface area contributed by atoms with Gasteiger partial charge in [-0.1, -0.05) is 6.92 Å². The highest BCUT2D eigenvalue weighted by Crippen LogP contribution is 2.21. The van der Waals surface area contributed by atoms with Gasteiger partial charge in [0.1, 0.15) is 0 Å². The molecule has 1 rings (SSSR count). The highest BCUT2D eigenvalue weighted by atomic mass is 16.4. The minimum absolute atomic E-state index is 0.155. The monoisotopic (exact) mass is 215 g/mol. The van der Waals surface area contributed by atoms with Crippen molar-refractivity contribution in [3.8, 4) is 0 Å². The fourth-order valence-corrected chi connectivity index (χ4v) is 2.17. The molecule has 1 fully saturated rings. The highest BCUT2D eigenvalue weighted by Gasteiger charge is 2.25. The number of carboxylic acids is 1. The number of β-amino-alcohol motifs (C(OH)–C–C–N with tert-alkyl or cyclic N) is 1. The zero-order chi connectivity index (χ0) is 11.4. The second kappa shape index (κ2) is 5.47. The highest BCUT2D eigenvalue weighted by molar-refractivity contribution is 5.67. The van der Waals surface area contributed by atoms with Crippen LogP contribution >= 0.6 is 0 Å². The van der Waals surface area contributed by atoms with Crippen LogP contribution in [0.25, 0.3) is 0 Å². The predicted octanol–water partition coefficient (Wildman–Crippen LogP) is 0.942. The van der Waals surface area contributed by atoms with E-state index in [2.05, 4.69) is 18.7 Å². The fraction of sp³-hybridized carbons (Fsp3) is 0.909. The van der Waals surface area contributed by atoms with E-state index < -0.39 is 12.1 Å². The van der Waals surface area contributed by atoms with Gasteiger partial charge in [-0.15, -0.1) is 0 Å². The first kappa shape index (κ1) is 12.5. The normalized spacial score (nSPS) is 30.1. The number of likely N-dealkylation sites (tertiary alicyclic amines) is 1. The van der Waals surface area contributed by atoms with E-state index >= 15 is 0 Å². The van der Waals surface area contributed by atoms with E-state index in [1.807, 2.05) is 0 Å². The Bertz CT molecular complexity index is 220. The largest absolute Gasteiger partial charge is 0.481 e. The Morgan fingerprint density at radius 2 is 2.13 bits per heavy atom. The molecule has 3 atom stereocenters. The molecule has 1 heterocycles. The number of aliphatic carboxylic acids is 1. The second-order valence-electron chi connectivity index (χ2n) is 4.74. The fourth-order valence-electron chi connectivity index (χ4n) is 2.17. The lowest BCUT2D eigenvalue weighted by molar-refractivity contribution is -0.139. The molecule has 0 spiro atoms. The molecule has 4 nitrogen and oxygen atoms in total. The van der Waals surface area contributed by atoms with E-state index in [1.165, 1.54) is 6.42 Å². The number of hydrogen-bond acceptors (Lipinski definition) is 3. The summed E-state index contributed by atoms with van der Waals surface area (Å²) in [6, 6.07) is 0.463. The number of aliphatic hydroxyl groups is 1. The zero-order valence-corrected chi connectivity index (χ0v) is 9.52. The number of aliphatic hydroxyl groups excluding tert-OH is 1.